The summed E-state index contributed by atoms with van der Waals surface area (Å²) in [5.74, 6) is 0. The molecule has 0 spiro atoms. The van der Waals surface area contributed by atoms with Crippen LogP contribution >= 0.6 is 0 Å². The molecule has 0 saturated carbocycles. The number of nitrogens with one attached hydrogen (secondary N) is 1. The zero-order valence-corrected chi connectivity index (χ0v) is 8.61. The summed E-state index contributed by atoms with van der Waals surface area (Å²) in [5.41, 5.74) is 1.29. The first-order chi connectivity index (χ1) is 6.75. The van der Waals surface area contributed by atoms with E-state index in [1.165, 1.54) is 5.57 Å². The van der Waals surface area contributed by atoms with Gasteiger partial charge in [0.05, 0.1) is 12.3 Å². The molecule has 2 atom stereocenters. The van der Waals surface area contributed by atoms with Gasteiger partial charge >= 0.3 is 0 Å². The number of nitrogens with zero attached hydrogens (tertiary/aromatic N) is 1. The van der Waals surface area contributed by atoms with Gasteiger partial charge in [-0.05, 0) is 38.1 Å². The Morgan fingerprint density at radius 1 is 1.57 bits per heavy atom. The molecule has 1 fully saturated rings. The summed E-state index contributed by atoms with van der Waals surface area (Å²) in [4.78, 5) is 2.29. The summed E-state index contributed by atoms with van der Waals surface area (Å²) in [6, 6.07) is 0. The van der Waals surface area contributed by atoms with Crippen LogP contribution in [0.1, 0.15) is 19.8 Å². The minimum absolute atomic E-state index is 0.148. The van der Waals surface area contributed by atoms with E-state index < -0.39 is 0 Å². The van der Waals surface area contributed by atoms with Gasteiger partial charge in [0, 0.05) is 13.1 Å². The Labute approximate surface area is 85.1 Å². The number of piperidine rings is 1. The minimum Gasteiger partial charge on any atom is -0.392 e. The summed E-state index contributed by atoms with van der Waals surface area (Å²) < 4.78 is 0. The number of hydrogen-bond acceptors (Lipinski definition) is 3. The lowest BCUT2D eigenvalue weighted by Crippen LogP contribution is -2.49. The van der Waals surface area contributed by atoms with Crippen molar-refractivity contribution in [2.24, 2.45) is 0 Å². The van der Waals surface area contributed by atoms with Crippen LogP contribution in [0.5, 0.6) is 0 Å². The third kappa shape index (κ3) is 2.16. The molecule has 1 unspecified atom stereocenters. The molecule has 0 bridgehead atoms. The maximum Gasteiger partial charge on any atom is 0.0988 e. The van der Waals surface area contributed by atoms with Crippen molar-refractivity contribution in [1.82, 2.24) is 10.2 Å². The van der Waals surface area contributed by atoms with E-state index in [1.54, 1.807) is 0 Å². The highest BCUT2D eigenvalue weighted by Crippen LogP contribution is 2.15. The molecule has 2 aliphatic heterocycles. The molecule has 0 aromatic carbocycles. The van der Waals surface area contributed by atoms with Crippen molar-refractivity contribution in [1.29, 1.82) is 0 Å². The van der Waals surface area contributed by atoms with E-state index in [9.17, 15) is 5.11 Å². The van der Waals surface area contributed by atoms with Crippen molar-refractivity contribution in [3.8, 4) is 0 Å². The predicted molar refractivity (Wildman–Crippen MR) is 56.6 cm³/mol. The lowest BCUT2D eigenvalue weighted by Gasteiger charge is -2.36. The Morgan fingerprint density at radius 2 is 2.43 bits per heavy atom. The maximum atomic E-state index is 9.57. The molecule has 2 rings (SSSR count). The zero-order chi connectivity index (χ0) is 9.97. The Bertz CT molecular complexity index is 260. The molecule has 2 N–H and O–H groups in total. The zero-order valence-electron chi connectivity index (χ0n) is 8.61. The van der Waals surface area contributed by atoms with Gasteiger partial charge in [0.25, 0.3) is 0 Å². The smallest absolute Gasteiger partial charge is 0.0988 e. The van der Waals surface area contributed by atoms with Crippen molar-refractivity contribution < 1.29 is 5.11 Å². The fourth-order valence-corrected chi connectivity index (χ4v) is 2.08. The quantitative estimate of drug-likeness (QED) is 0.649. The highest BCUT2D eigenvalue weighted by molar-refractivity contribution is 5.22. The van der Waals surface area contributed by atoms with E-state index in [1.807, 2.05) is 6.20 Å². The van der Waals surface area contributed by atoms with Gasteiger partial charge in [-0.3, -0.25) is 4.90 Å². The molecule has 0 radical (unpaired) electrons. The number of allylic oxidation sites excluding steroid dienone is 2. The van der Waals surface area contributed by atoms with Crippen LogP contribution in [0.25, 0.3) is 0 Å². The van der Waals surface area contributed by atoms with E-state index in [-0.39, 0.29) is 12.3 Å². The molecule has 1 saturated heterocycles. The van der Waals surface area contributed by atoms with Gasteiger partial charge in [-0.25, -0.2) is 0 Å². The summed E-state index contributed by atoms with van der Waals surface area (Å²) in [6.45, 7) is 3.96. The van der Waals surface area contributed by atoms with Gasteiger partial charge in [0.15, 0.2) is 0 Å². The van der Waals surface area contributed by atoms with Crippen LogP contribution in [0, 0.1) is 0 Å². The van der Waals surface area contributed by atoms with Crippen LogP contribution in [0.2, 0.25) is 0 Å². The Hall–Kier alpha value is -0.800. The first-order valence-corrected chi connectivity index (χ1v) is 5.29. The molecule has 2 heterocycles. The Balaban J connectivity index is 1.97. The van der Waals surface area contributed by atoms with Crippen LogP contribution in [-0.4, -0.2) is 35.4 Å². The maximum absolute atomic E-state index is 9.57. The number of rotatable bonds is 1. The fourth-order valence-electron chi connectivity index (χ4n) is 2.08. The first-order valence-electron chi connectivity index (χ1n) is 5.29. The number of likely N-dealkylation sites (tertiary alicyclic amines) is 1. The van der Waals surface area contributed by atoms with E-state index in [2.05, 4.69) is 29.3 Å². The van der Waals surface area contributed by atoms with E-state index >= 15 is 0 Å². The normalized spacial score (nSPS) is 33.7. The van der Waals surface area contributed by atoms with E-state index in [4.69, 9.17) is 0 Å². The summed E-state index contributed by atoms with van der Waals surface area (Å²) in [7, 11) is 0. The lowest BCUT2D eigenvalue weighted by atomic mass is 10.1. The number of β-amino-alcohol motifs (C(OH)–C–C–N with tert-alkyl or cyclic N) is 1. The lowest BCUT2D eigenvalue weighted by molar-refractivity contribution is 0.0521. The average molecular weight is 194 g/mol. The van der Waals surface area contributed by atoms with Gasteiger partial charge in [0.1, 0.15) is 0 Å². The van der Waals surface area contributed by atoms with Gasteiger partial charge in [-0.15, -0.1) is 0 Å². The molecule has 78 valence electrons. The Kier molecular flexibility index (Phi) is 2.89. The second kappa shape index (κ2) is 4.15. The van der Waals surface area contributed by atoms with Crippen molar-refractivity contribution >= 4 is 0 Å². The van der Waals surface area contributed by atoms with Crippen LogP contribution in [0.4, 0.5) is 0 Å². The van der Waals surface area contributed by atoms with Gasteiger partial charge in [0.2, 0.25) is 0 Å². The van der Waals surface area contributed by atoms with Crippen molar-refractivity contribution in [3.63, 3.8) is 0 Å². The average Bonchev–Trinajstić information content (AvgIpc) is 2.18. The molecular weight excluding hydrogens is 176 g/mol. The summed E-state index contributed by atoms with van der Waals surface area (Å²) in [6.07, 6.45) is 8.42. The highest BCUT2D eigenvalue weighted by Gasteiger charge is 2.23. The van der Waals surface area contributed by atoms with Crippen molar-refractivity contribution in [3.05, 3.63) is 23.9 Å². The van der Waals surface area contributed by atoms with Gasteiger partial charge < -0.3 is 10.4 Å². The molecule has 3 heteroatoms. The molecule has 0 amide bonds. The van der Waals surface area contributed by atoms with Crippen LogP contribution < -0.4 is 5.32 Å². The third-order valence-electron chi connectivity index (χ3n) is 2.86. The Morgan fingerprint density at radius 3 is 3.14 bits per heavy atom. The molecule has 3 nitrogen and oxygen atoms in total. The van der Waals surface area contributed by atoms with E-state index in [0.29, 0.717) is 0 Å². The molecule has 0 aromatic rings. The number of hydrogen-bond donors (Lipinski definition) is 2. The molecule has 14 heavy (non-hydrogen) atoms. The second-order valence-corrected chi connectivity index (χ2v) is 4.15. The second-order valence-electron chi connectivity index (χ2n) is 4.15. The molecular formula is C11H18N2O. The largest absolute Gasteiger partial charge is 0.392 e. The molecule has 0 aliphatic carbocycles. The monoisotopic (exact) mass is 194 g/mol. The number of dihydropyridines is 1. The fraction of sp³-hybridized carbons (Fsp3) is 0.636. The third-order valence-corrected chi connectivity index (χ3v) is 2.86. The molecule has 2 aliphatic rings. The van der Waals surface area contributed by atoms with Crippen LogP contribution in [0.3, 0.4) is 0 Å². The predicted octanol–water partition coefficient (Wildman–Crippen LogP) is 0.832. The summed E-state index contributed by atoms with van der Waals surface area (Å²) in [5, 5.41) is 12.9. The minimum atomic E-state index is -0.148. The molecule has 0 aromatic heterocycles. The van der Waals surface area contributed by atoms with Gasteiger partial charge in [-0.1, -0.05) is 5.57 Å². The highest BCUT2D eigenvalue weighted by atomic mass is 16.3. The number of aliphatic hydroxyl groups excluding tert-OH is 1. The van der Waals surface area contributed by atoms with Crippen molar-refractivity contribution in [2.45, 2.75) is 32.0 Å². The van der Waals surface area contributed by atoms with Crippen molar-refractivity contribution in [2.75, 3.05) is 13.1 Å². The van der Waals surface area contributed by atoms with E-state index in [0.717, 1.165) is 25.9 Å². The summed E-state index contributed by atoms with van der Waals surface area (Å²) >= 11 is 0. The van der Waals surface area contributed by atoms with Crippen LogP contribution in [0.15, 0.2) is 23.9 Å². The van der Waals surface area contributed by atoms with Gasteiger partial charge in [-0.2, -0.15) is 0 Å². The standard InChI is InChI=1S/C11H18N2O/c1-9-4-5-12-11(7-9)13-6-2-3-10(14)8-13/h4-5,7,10-12,14H,2-3,6,8H2,1H3/t10-,11?/m1/s1. The topological polar surface area (TPSA) is 35.5 Å². The SMILES string of the molecule is CC1=CC(N2CCC[C@@H](O)C2)NC=C1. The number of aliphatic hydroxyl groups is 1. The van der Waals surface area contributed by atoms with Crippen LogP contribution in [-0.2, 0) is 0 Å². The first kappa shape index (κ1) is 9.74.